The Kier molecular flexibility index (Phi) is 10.7. The minimum Gasteiger partial charge on any atom is -0.310 e. The van der Waals surface area contributed by atoms with E-state index in [1.807, 2.05) is 0 Å². The Balaban J connectivity index is 0.908. The monoisotopic (exact) mass is 953 g/mol. The van der Waals surface area contributed by atoms with Gasteiger partial charge in [-0.25, -0.2) is 0 Å². The van der Waals surface area contributed by atoms with Crippen LogP contribution in [-0.2, 0) is 10.8 Å². The third-order valence-electron chi connectivity index (χ3n) is 16.0. The van der Waals surface area contributed by atoms with Crippen molar-refractivity contribution >= 4 is 17.1 Å². The summed E-state index contributed by atoms with van der Waals surface area (Å²) in [7, 11) is 0. The zero-order chi connectivity index (χ0) is 49.8. The number of rotatable bonds is 10. The molecule has 14 rings (SSSR count). The molecule has 0 heterocycles. The van der Waals surface area contributed by atoms with Crippen molar-refractivity contribution in [1.29, 1.82) is 0 Å². The quantitative estimate of drug-likeness (QED) is 0.132. The lowest BCUT2D eigenvalue weighted by atomic mass is 9.67. The van der Waals surface area contributed by atoms with Crippen LogP contribution < -0.4 is 4.90 Å². The van der Waals surface area contributed by atoms with Crippen LogP contribution in [0.2, 0.25) is 0 Å². The standard InChI is InChI=1S/C74H51N/c1-6-23-52(24-7-1)53-25-20-36-62(47-53)75(63-37-21-26-54(48-63)56-43-45-71-67(50-56)65-39-16-18-41-69(65)73(71,58-28-8-2-9-29-58)59-30-10-3-11-31-59)64-38-22-27-55(49-64)57-44-46-72-68(51-57)66-40-17-19-42-70(66)74(72,60-32-12-4-13-33-60)61-34-14-5-15-35-61/h1-51H. The van der Waals surface area contributed by atoms with E-state index in [0.29, 0.717) is 0 Å². The minimum absolute atomic E-state index is 0.449. The molecule has 0 saturated heterocycles. The molecule has 75 heavy (non-hydrogen) atoms. The second-order valence-electron chi connectivity index (χ2n) is 19.9. The summed E-state index contributed by atoms with van der Waals surface area (Å²) in [5.74, 6) is 0. The van der Waals surface area contributed by atoms with Gasteiger partial charge in [-0.15, -0.1) is 0 Å². The van der Waals surface area contributed by atoms with Crippen LogP contribution in [0.25, 0.3) is 55.6 Å². The van der Waals surface area contributed by atoms with Crippen LogP contribution in [-0.4, -0.2) is 0 Å². The topological polar surface area (TPSA) is 3.24 Å². The lowest BCUT2D eigenvalue weighted by Gasteiger charge is -2.34. The number of fused-ring (bicyclic) bond motifs is 6. The van der Waals surface area contributed by atoms with E-state index in [0.717, 1.165) is 28.2 Å². The average molecular weight is 954 g/mol. The average Bonchev–Trinajstić information content (AvgIpc) is 4.00. The van der Waals surface area contributed by atoms with Gasteiger partial charge in [0.2, 0.25) is 0 Å². The van der Waals surface area contributed by atoms with E-state index in [2.05, 4.69) is 314 Å². The van der Waals surface area contributed by atoms with Gasteiger partial charge in [-0.1, -0.05) is 261 Å². The van der Waals surface area contributed by atoms with Gasteiger partial charge in [-0.2, -0.15) is 0 Å². The summed E-state index contributed by atoms with van der Waals surface area (Å²) in [5, 5.41) is 0. The van der Waals surface area contributed by atoms with Crippen molar-refractivity contribution in [3.05, 3.63) is 354 Å². The predicted molar refractivity (Wildman–Crippen MR) is 312 cm³/mol. The number of hydrogen-bond acceptors (Lipinski definition) is 1. The molecule has 0 spiro atoms. The van der Waals surface area contributed by atoms with Crippen molar-refractivity contribution in [3.8, 4) is 55.6 Å². The van der Waals surface area contributed by atoms with Gasteiger partial charge in [0, 0.05) is 17.1 Å². The SMILES string of the molecule is c1ccc(-c2cccc(N(c3cccc(-c4ccc5c(c4)-c4ccccc4C5(c4ccccc4)c4ccccc4)c3)c3cccc(-c4ccc5c(c4)-c4ccccc4C5(c4ccccc4)c4ccccc4)c3)c2)cc1. The zero-order valence-corrected chi connectivity index (χ0v) is 41.4. The molecule has 0 aromatic heterocycles. The third-order valence-corrected chi connectivity index (χ3v) is 16.0. The lowest BCUT2D eigenvalue weighted by Crippen LogP contribution is -2.28. The molecule has 0 saturated carbocycles. The number of benzene rings is 12. The molecule has 0 atom stereocenters. The van der Waals surface area contributed by atoms with E-state index in [1.54, 1.807) is 0 Å². The number of nitrogens with zero attached hydrogens (tertiary/aromatic N) is 1. The lowest BCUT2D eigenvalue weighted by molar-refractivity contribution is 0.768. The number of anilines is 3. The zero-order valence-electron chi connectivity index (χ0n) is 41.4. The third kappa shape index (κ3) is 7.08. The van der Waals surface area contributed by atoms with Gasteiger partial charge < -0.3 is 4.90 Å². The maximum Gasteiger partial charge on any atom is 0.0713 e. The van der Waals surface area contributed by atoms with Crippen LogP contribution in [0.5, 0.6) is 0 Å². The first kappa shape index (κ1) is 44.2. The maximum atomic E-state index is 2.43. The smallest absolute Gasteiger partial charge is 0.0713 e. The van der Waals surface area contributed by atoms with Crippen molar-refractivity contribution in [1.82, 2.24) is 0 Å². The molecule has 12 aromatic carbocycles. The highest BCUT2D eigenvalue weighted by Gasteiger charge is 2.47. The fraction of sp³-hybridized carbons (Fsp3) is 0.0270. The Hall–Kier alpha value is -9.56. The van der Waals surface area contributed by atoms with Crippen LogP contribution in [0.3, 0.4) is 0 Å². The summed E-state index contributed by atoms with van der Waals surface area (Å²) < 4.78 is 0. The molecule has 1 heteroatoms. The molecule has 1 nitrogen and oxygen atoms in total. The Bertz CT molecular complexity index is 3740. The molecule has 0 radical (unpaired) electrons. The maximum absolute atomic E-state index is 2.43. The highest BCUT2D eigenvalue weighted by Crippen LogP contribution is 2.58. The normalized spacial score (nSPS) is 13.3. The van der Waals surface area contributed by atoms with Crippen LogP contribution in [0.15, 0.2) is 309 Å². The summed E-state index contributed by atoms with van der Waals surface area (Å²) in [5.41, 5.74) is 24.7. The largest absolute Gasteiger partial charge is 0.310 e. The Morgan fingerprint density at radius 2 is 0.467 bits per heavy atom. The summed E-state index contributed by atoms with van der Waals surface area (Å²) in [6.07, 6.45) is 0. The molecule has 0 fully saturated rings. The predicted octanol–water partition coefficient (Wildman–Crippen LogP) is 18.9. The van der Waals surface area contributed by atoms with Gasteiger partial charge in [0.1, 0.15) is 0 Å². The van der Waals surface area contributed by atoms with E-state index >= 15 is 0 Å². The molecule has 12 aromatic rings. The Labute approximate surface area is 440 Å². The van der Waals surface area contributed by atoms with E-state index < -0.39 is 10.8 Å². The van der Waals surface area contributed by atoms with E-state index in [1.165, 1.54) is 89.0 Å². The van der Waals surface area contributed by atoms with Crippen LogP contribution in [0.4, 0.5) is 17.1 Å². The van der Waals surface area contributed by atoms with Crippen molar-refractivity contribution in [2.75, 3.05) is 4.90 Å². The highest BCUT2D eigenvalue weighted by atomic mass is 15.1. The van der Waals surface area contributed by atoms with Gasteiger partial charge >= 0.3 is 0 Å². The Morgan fingerprint density at radius 1 is 0.187 bits per heavy atom. The fourth-order valence-electron chi connectivity index (χ4n) is 12.8. The van der Waals surface area contributed by atoms with Crippen molar-refractivity contribution < 1.29 is 0 Å². The molecular formula is C74H51N. The molecule has 0 unspecified atom stereocenters. The van der Waals surface area contributed by atoms with Gasteiger partial charge in [0.05, 0.1) is 10.8 Å². The van der Waals surface area contributed by atoms with Crippen LogP contribution in [0.1, 0.15) is 44.5 Å². The molecule has 2 aliphatic rings. The number of hydrogen-bond donors (Lipinski definition) is 0. The van der Waals surface area contributed by atoms with Crippen molar-refractivity contribution in [2.24, 2.45) is 0 Å². The molecule has 352 valence electrons. The molecule has 0 amide bonds. The summed E-state index contributed by atoms with van der Waals surface area (Å²) >= 11 is 0. The fourth-order valence-corrected chi connectivity index (χ4v) is 12.8. The molecule has 0 aliphatic heterocycles. The van der Waals surface area contributed by atoms with Gasteiger partial charge in [-0.05, 0) is 149 Å². The molecule has 0 bridgehead atoms. The summed E-state index contributed by atoms with van der Waals surface area (Å²) in [6.45, 7) is 0. The van der Waals surface area contributed by atoms with E-state index in [9.17, 15) is 0 Å². The molecular weight excluding hydrogens is 903 g/mol. The van der Waals surface area contributed by atoms with Gasteiger partial charge in [-0.3, -0.25) is 0 Å². The van der Waals surface area contributed by atoms with E-state index in [-0.39, 0.29) is 0 Å². The van der Waals surface area contributed by atoms with Crippen molar-refractivity contribution in [3.63, 3.8) is 0 Å². The Morgan fingerprint density at radius 3 is 0.840 bits per heavy atom. The first-order valence-corrected chi connectivity index (χ1v) is 26.1. The van der Waals surface area contributed by atoms with Crippen LogP contribution >= 0.6 is 0 Å². The van der Waals surface area contributed by atoms with Crippen molar-refractivity contribution in [2.45, 2.75) is 10.8 Å². The second kappa shape index (κ2) is 18.2. The second-order valence-corrected chi connectivity index (χ2v) is 19.9. The van der Waals surface area contributed by atoms with Gasteiger partial charge in [0.15, 0.2) is 0 Å². The highest BCUT2D eigenvalue weighted by molar-refractivity contribution is 5.92. The first-order chi connectivity index (χ1) is 37.2. The van der Waals surface area contributed by atoms with Crippen LogP contribution in [0, 0.1) is 0 Å². The first-order valence-electron chi connectivity index (χ1n) is 26.1. The van der Waals surface area contributed by atoms with E-state index in [4.69, 9.17) is 0 Å². The van der Waals surface area contributed by atoms with Gasteiger partial charge in [0.25, 0.3) is 0 Å². The molecule has 0 N–H and O–H groups in total. The summed E-state index contributed by atoms with van der Waals surface area (Å²) in [6, 6.07) is 114. The molecule has 2 aliphatic carbocycles. The minimum atomic E-state index is -0.449. The summed E-state index contributed by atoms with van der Waals surface area (Å²) in [4.78, 5) is 2.43.